The second-order valence-corrected chi connectivity index (χ2v) is 12.4. The molecule has 2 amide bonds. The normalized spacial score (nSPS) is 15.9. The Labute approximate surface area is 273 Å². The molecule has 2 aromatic heterocycles. The third-order valence-electron chi connectivity index (χ3n) is 9.39. The minimum atomic E-state index is -1.08. The quantitative estimate of drug-likeness (QED) is 0.123. The third-order valence-corrected chi connectivity index (χ3v) is 9.39. The van der Waals surface area contributed by atoms with E-state index in [9.17, 15) is 14.4 Å². The Morgan fingerprint density at radius 3 is 2.53 bits per heavy atom. The van der Waals surface area contributed by atoms with Crippen LogP contribution >= 0.6 is 0 Å². The zero-order valence-corrected chi connectivity index (χ0v) is 26.8. The number of fused-ring (bicyclic) bond motifs is 1. The molecule has 6 rings (SSSR count). The number of methoxy groups -OCH3 is 1. The SMILES string of the molecule is COCCOc1cc(NC(=O)C2(NC(=O)c3ccc4c(C5CCCC5)c(-c5ccccn5)n(C)c4c3)CCC2)ccc1/C=C/C(=O)O. The summed E-state index contributed by atoms with van der Waals surface area (Å²) in [7, 11) is 3.59. The fourth-order valence-corrected chi connectivity index (χ4v) is 6.80. The Morgan fingerprint density at radius 2 is 1.85 bits per heavy atom. The van der Waals surface area contributed by atoms with Crippen molar-refractivity contribution in [2.24, 2.45) is 7.05 Å². The van der Waals surface area contributed by atoms with Crippen LogP contribution < -0.4 is 15.4 Å². The fourth-order valence-electron chi connectivity index (χ4n) is 6.80. The Hall–Kier alpha value is -4.96. The zero-order chi connectivity index (χ0) is 33.0. The summed E-state index contributed by atoms with van der Waals surface area (Å²) >= 11 is 0. The van der Waals surface area contributed by atoms with Crippen molar-refractivity contribution in [3.8, 4) is 17.1 Å². The summed E-state index contributed by atoms with van der Waals surface area (Å²) in [6, 6.07) is 16.8. The molecule has 10 nitrogen and oxygen atoms in total. The zero-order valence-electron chi connectivity index (χ0n) is 26.8. The summed E-state index contributed by atoms with van der Waals surface area (Å²) in [5.41, 5.74) is 4.74. The second kappa shape index (κ2) is 13.8. The van der Waals surface area contributed by atoms with E-state index in [4.69, 9.17) is 14.6 Å². The first-order chi connectivity index (χ1) is 22.8. The Balaban J connectivity index is 1.24. The topological polar surface area (TPSA) is 132 Å². The van der Waals surface area contributed by atoms with Gasteiger partial charge in [0.15, 0.2) is 0 Å². The van der Waals surface area contributed by atoms with Gasteiger partial charge in [0.2, 0.25) is 5.91 Å². The summed E-state index contributed by atoms with van der Waals surface area (Å²) in [6.07, 6.45) is 10.8. The van der Waals surface area contributed by atoms with Gasteiger partial charge >= 0.3 is 5.97 Å². The van der Waals surface area contributed by atoms with Gasteiger partial charge in [-0.2, -0.15) is 0 Å². The molecule has 2 aliphatic carbocycles. The molecule has 3 N–H and O–H groups in total. The van der Waals surface area contributed by atoms with Gasteiger partial charge in [0, 0.05) is 60.2 Å². The first kappa shape index (κ1) is 32.0. The Bertz CT molecular complexity index is 1820. The van der Waals surface area contributed by atoms with Gasteiger partial charge in [-0.15, -0.1) is 0 Å². The van der Waals surface area contributed by atoms with Crippen LogP contribution in [0.15, 0.2) is 66.9 Å². The lowest BCUT2D eigenvalue weighted by Crippen LogP contribution is -2.61. The second-order valence-electron chi connectivity index (χ2n) is 12.4. The monoisotopic (exact) mass is 636 g/mol. The number of aliphatic carboxylic acids is 1. The van der Waals surface area contributed by atoms with Crippen molar-refractivity contribution in [3.63, 3.8) is 0 Å². The number of carboxylic acids is 1. The molecule has 47 heavy (non-hydrogen) atoms. The number of hydrogen-bond donors (Lipinski definition) is 3. The summed E-state index contributed by atoms with van der Waals surface area (Å²) in [4.78, 5) is 43.2. The van der Waals surface area contributed by atoms with Gasteiger partial charge in [-0.1, -0.05) is 25.0 Å². The fraction of sp³-hybridized carbons (Fsp3) is 0.351. The number of anilines is 1. The van der Waals surface area contributed by atoms with Crippen molar-refractivity contribution in [2.45, 2.75) is 56.4 Å². The lowest BCUT2D eigenvalue weighted by Gasteiger charge is -2.40. The predicted molar refractivity (Wildman–Crippen MR) is 181 cm³/mol. The van der Waals surface area contributed by atoms with Crippen LogP contribution in [0, 0.1) is 0 Å². The lowest BCUT2D eigenvalue weighted by atomic mass is 9.75. The summed E-state index contributed by atoms with van der Waals surface area (Å²) in [5, 5.41) is 16.2. The number of rotatable bonds is 12. The molecular weight excluding hydrogens is 596 g/mol. The van der Waals surface area contributed by atoms with E-state index in [1.165, 1.54) is 24.5 Å². The first-order valence-electron chi connectivity index (χ1n) is 16.1. The van der Waals surface area contributed by atoms with Gasteiger partial charge in [0.05, 0.1) is 18.0 Å². The number of nitrogens with zero attached hydrogens (tertiary/aromatic N) is 2. The predicted octanol–water partition coefficient (Wildman–Crippen LogP) is 6.31. The third kappa shape index (κ3) is 6.64. The van der Waals surface area contributed by atoms with Gasteiger partial charge in [-0.25, -0.2) is 4.79 Å². The number of carbonyl (C=O) groups is 3. The number of carboxylic acid groups (broad SMARTS) is 1. The highest BCUT2D eigenvalue weighted by Gasteiger charge is 2.45. The number of hydrogen-bond acceptors (Lipinski definition) is 6. The molecule has 244 valence electrons. The van der Waals surface area contributed by atoms with E-state index in [1.54, 1.807) is 25.3 Å². The number of ether oxygens (including phenoxy) is 2. The average Bonchev–Trinajstić information content (AvgIpc) is 3.68. The lowest BCUT2D eigenvalue weighted by molar-refractivity contribution is -0.131. The molecule has 2 fully saturated rings. The van der Waals surface area contributed by atoms with Crippen LogP contribution in [-0.2, 0) is 21.4 Å². The molecule has 0 atom stereocenters. The van der Waals surface area contributed by atoms with E-state index >= 15 is 0 Å². The number of aromatic nitrogens is 2. The number of aryl methyl sites for hydroxylation is 1. The highest BCUT2D eigenvalue weighted by atomic mass is 16.5. The van der Waals surface area contributed by atoms with Crippen LogP contribution in [0.3, 0.4) is 0 Å². The van der Waals surface area contributed by atoms with Crippen molar-refractivity contribution >= 4 is 40.4 Å². The number of nitrogens with one attached hydrogen (secondary N) is 2. The molecule has 0 radical (unpaired) electrons. The maximum Gasteiger partial charge on any atom is 0.328 e. The average molecular weight is 637 g/mol. The van der Waals surface area contributed by atoms with Crippen LogP contribution in [0.5, 0.6) is 5.75 Å². The molecule has 2 aromatic carbocycles. The van der Waals surface area contributed by atoms with Crippen LogP contribution in [0.25, 0.3) is 28.4 Å². The van der Waals surface area contributed by atoms with E-state index in [0.29, 0.717) is 47.9 Å². The molecule has 2 saturated carbocycles. The maximum atomic E-state index is 13.8. The Morgan fingerprint density at radius 1 is 1.04 bits per heavy atom. The molecule has 0 bridgehead atoms. The van der Waals surface area contributed by atoms with Gasteiger partial charge in [0.1, 0.15) is 17.9 Å². The highest BCUT2D eigenvalue weighted by Crippen LogP contribution is 2.44. The van der Waals surface area contributed by atoms with Gasteiger partial charge < -0.3 is 29.8 Å². The van der Waals surface area contributed by atoms with Crippen molar-refractivity contribution in [1.82, 2.24) is 14.9 Å². The van der Waals surface area contributed by atoms with Gasteiger partial charge in [-0.05, 0) is 86.1 Å². The molecule has 2 aliphatic rings. The first-order valence-corrected chi connectivity index (χ1v) is 16.1. The summed E-state index contributed by atoms with van der Waals surface area (Å²) < 4.78 is 13.0. The van der Waals surface area contributed by atoms with E-state index < -0.39 is 11.5 Å². The molecule has 2 heterocycles. The van der Waals surface area contributed by atoms with E-state index in [0.717, 1.165) is 47.6 Å². The van der Waals surface area contributed by atoms with Crippen molar-refractivity contribution in [1.29, 1.82) is 0 Å². The van der Waals surface area contributed by atoms with E-state index in [-0.39, 0.29) is 18.4 Å². The van der Waals surface area contributed by atoms with Gasteiger partial charge in [-0.3, -0.25) is 14.6 Å². The van der Waals surface area contributed by atoms with Crippen LogP contribution in [0.4, 0.5) is 5.69 Å². The molecule has 4 aromatic rings. The number of carbonyl (C=O) groups excluding carboxylic acids is 2. The highest BCUT2D eigenvalue weighted by molar-refractivity contribution is 6.06. The molecule has 0 unspecified atom stereocenters. The van der Waals surface area contributed by atoms with E-state index in [2.05, 4.69) is 20.2 Å². The van der Waals surface area contributed by atoms with Crippen molar-refractivity contribution in [2.75, 3.05) is 25.6 Å². The molecule has 10 heteroatoms. The summed E-state index contributed by atoms with van der Waals surface area (Å²) in [5.74, 6) is -0.841. The van der Waals surface area contributed by atoms with Gasteiger partial charge in [0.25, 0.3) is 5.91 Å². The maximum absolute atomic E-state index is 13.8. The molecular formula is C37H40N4O6. The number of benzene rings is 2. The van der Waals surface area contributed by atoms with Crippen molar-refractivity contribution in [3.05, 3.63) is 83.6 Å². The van der Waals surface area contributed by atoms with Crippen LogP contribution in [0.1, 0.15) is 72.3 Å². The van der Waals surface area contributed by atoms with Crippen LogP contribution in [0.2, 0.25) is 0 Å². The molecule has 0 saturated heterocycles. The smallest absolute Gasteiger partial charge is 0.328 e. The standard InChI is InChI=1S/C37H40N4O6/c1-41-30-22-26(12-15-28(30)33(25-8-3-4-9-25)34(41)29-10-5-6-19-38-29)35(44)40-37(17-7-18-37)36(45)39-27-14-11-24(13-16-32(42)43)31(23-27)47-21-20-46-2/h5-6,10-16,19,22-23,25H,3-4,7-9,17-18,20-21H2,1-2H3,(H,39,45)(H,40,44)(H,42,43)/b16-13+. The molecule has 0 aliphatic heterocycles. The van der Waals surface area contributed by atoms with Crippen LogP contribution in [-0.4, -0.2) is 58.3 Å². The number of pyridine rings is 1. The number of amides is 2. The van der Waals surface area contributed by atoms with Crippen molar-refractivity contribution < 1.29 is 29.0 Å². The summed E-state index contributed by atoms with van der Waals surface area (Å²) in [6.45, 7) is 0.591. The van der Waals surface area contributed by atoms with E-state index in [1.807, 2.05) is 49.6 Å². The minimum Gasteiger partial charge on any atom is -0.490 e. The minimum absolute atomic E-state index is 0.249. The molecule has 0 spiro atoms. The Kier molecular flexibility index (Phi) is 9.40. The largest absolute Gasteiger partial charge is 0.490 e.